The number of hydrogen-bond acceptors (Lipinski definition) is 2. The van der Waals surface area contributed by atoms with Crippen LogP contribution in [0.4, 0.5) is 0 Å². The van der Waals surface area contributed by atoms with Gasteiger partial charge in [0, 0.05) is 11.1 Å². The number of hydrogen-bond donors (Lipinski definition) is 1. The van der Waals surface area contributed by atoms with Crippen molar-refractivity contribution in [3.05, 3.63) is 29.3 Å². The molecule has 0 bridgehead atoms. The van der Waals surface area contributed by atoms with E-state index < -0.39 is 0 Å². The number of likely N-dealkylation sites (N-methyl/N-ethyl adjacent to an activating group) is 1. The first-order chi connectivity index (χ1) is 8.11. The summed E-state index contributed by atoms with van der Waals surface area (Å²) in [4.78, 5) is 0. The van der Waals surface area contributed by atoms with Crippen molar-refractivity contribution in [1.29, 1.82) is 0 Å². The largest absolute Gasteiger partial charge is 0.492 e. The van der Waals surface area contributed by atoms with Gasteiger partial charge in [-0.05, 0) is 44.0 Å². The first-order valence-corrected chi connectivity index (χ1v) is 6.55. The molecule has 1 unspecified atom stereocenters. The lowest BCUT2D eigenvalue weighted by Crippen LogP contribution is -2.32. The molecule has 0 fully saturated rings. The van der Waals surface area contributed by atoms with E-state index in [1.807, 2.05) is 31.3 Å². The van der Waals surface area contributed by atoms with Gasteiger partial charge in [0.2, 0.25) is 0 Å². The van der Waals surface area contributed by atoms with Gasteiger partial charge < -0.3 is 10.1 Å². The number of halogens is 1. The summed E-state index contributed by atoms with van der Waals surface area (Å²) < 4.78 is 5.73. The molecule has 0 heterocycles. The summed E-state index contributed by atoms with van der Waals surface area (Å²) in [5, 5.41) is 4.00. The van der Waals surface area contributed by atoms with Crippen molar-refractivity contribution < 1.29 is 4.74 Å². The second kappa shape index (κ2) is 7.57. The molecule has 0 radical (unpaired) electrons. The Morgan fingerprint density at radius 2 is 2.06 bits per heavy atom. The minimum atomic E-state index is 0.399. The molecular weight excluding hydrogens is 234 g/mol. The summed E-state index contributed by atoms with van der Waals surface area (Å²) >= 11 is 5.90. The van der Waals surface area contributed by atoms with Crippen molar-refractivity contribution in [2.75, 3.05) is 13.7 Å². The van der Waals surface area contributed by atoms with Crippen LogP contribution in [0, 0.1) is 5.92 Å². The second-order valence-electron chi connectivity index (χ2n) is 4.73. The Kier molecular flexibility index (Phi) is 6.38. The summed E-state index contributed by atoms with van der Waals surface area (Å²) in [6.07, 6.45) is 2.35. The molecule has 0 aliphatic rings. The Labute approximate surface area is 109 Å². The molecule has 1 atom stereocenters. The van der Waals surface area contributed by atoms with Crippen LogP contribution in [0.2, 0.25) is 5.02 Å². The first-order valence-electron chi connectivity index (χ1n) is 6.17. The molecule has 1 aromatic rings. The predicted molar refractivity (Wildman–Crippen MR) is 73.9 cm³/mol. The van der Waals surface area contributed by atoms with Gasteiger partial charge in [0.05, 0.1) is 0 Å². The average Bonchev–Trinajstić information content (AvgIpc) is 2.29. The number of nitrogens with one attached hydrogen (secondary N) is 1. The molecule has 17 heavy (non-hydrogen) atoms. The third kappa shape index (κ3) is 5.94. The van der Waals surface area contributed by atoms with Crippen LogP contribution in [0.25, 0.3) is 0 Å². The van der Waals surface area contributed by atoms with Crippen LogP contribution < -0.4 is 10.1 Å². The molecule has 1 N–H and O–H groups in total. The van der Waals surface area contributed by atoms with Gasteiger partial charge in [0.25, 0.3) is 0 Å². The van der Waals surface area contributed by atoms with Crippen LogP contribution >= 0.6 is 11.6 Å². The Morgan fingerprint density at radius 1 is 1.29 bits per heavy atom. The molecule has 0 aliphatic carbocycles. The Bertz CT molecular complexity index is 328. The summed E-state index contributed by atoms with van der Waals surface area (Å²) in [6.45, 7) is 5.17. The van der Waals surface area contributed by atoms with Crippen molar-refractivity contribution in [3.63, 3.8) is 0 Å². The lowest BCUT2D eigenvalue weighted by Gasteiger charge is -2.18. The van der Waals surface area contributed by atoms with Crippen molar-refractivity contribution >= 4 is 11.6 Å². The van der Waals surface area contributed by atoms with Crippen molar-refractivity contribution in [3.8, 4) is 5.75 Å². The monoisotopic (exact) mass is 255 g/mol. The fourth-order valence-electron chi connectivity index (χ4n) is 1.60. The number of benzene rings is 1. The Hall–Kier alpha value is -0.730. The van der Waals surface area contributed by atoms with E-state index in [1.54, 1.807) is 0 Å². The van der Waals surface area contributed by atoms with Gasteiger partial charge in [0.15, 0.2) is 0 Å². The SMILES string of the molecule is CNC(CCC(C)C)COc1cccc(Cl)c1. The molecule has 0 amide bonds. The summed E-state index contributed by atoms with van der Waals surface area (Å²) in [5.74, 6) is 1.57. The van der Waals surface area contributed by atoms with Crippen molar-refractivity contribution in [1.82, 2.24) is 5.32 Å². The standard InChI is InChI=1S/C14H22ClNO/c1-11(2)7-8-13(16-3)10-17-14-6-4-5-12(15)9-14/h4-6,9,11,13,16H,7-8,10H2,1-3H3. The predicted octanol–water partition coefficient (Wildman–Crippen LogP) is 3.74. The maximum Gasteiger partial charge on any atom is 0.120 e. The van der Waals surface area contributed by atoms with Crippen molar-refractivity contribution in [2.24, 2.45) is 5.92 Å². The maximum atomic E-state index is 5.90. The topological polar surface area (TPSA) is 21.3 Å². The Balaban J connectivity index is 2.37. The fraction of sp³-hybridized carbons (Fsp3) is 0.571. The Morgan fingerprint density at radius 3 is 2.65 bits per heavy atom. The molecule has 0 saturated carbocycles. The van der Waals surface area contributed by atoms with E-state index in [1.165, 1.54) is 6.42 Å². The third-order valence-corrected chi connectivity index (χ3v) is 2.98. The van der Waals surface area contributed by atoms with E-state index in [0.29, 0.717) is 17.7 Å². The van der Waals surface area contributed by atoms with Crippen LogP contribution in [0.1, 0.15) is 26.7 Å². The lowest BCUT2D eigenvalue weighted by atomic mass is 10.0. The van der Waals surface area contributed by atoms with E-state index >= 15 is 0 Å². The minimum absolute atomic E-state index is 0.399. The highest BCUT2D eigenvalue weighted by Crippen LogP contribution is 2.17. The minimum Gasteiger partial charge on any atom is -0.492 e. The van der Waals surface area contributed by atoms with Crippen LogP contribution in [-0.4, -0.2) is 19.7 Å². The lowest BCUT2D eigenvalue weighted by molar-refractivity contribution is 0.257. The fourth-order valence-corrected chi connectivity index (χ4v) is 1.78. The molecule has 0 saturated heterocycles. The van der Waals surface area contributed by atoms with Gasteiger partial charge in [-0.15, -0.1) is 0 Å². The van der Waals surface area contributed by atoms with Crippen LogP contribution in [0.5, 0.6) is 5.75 Å². The van der Waals surface area contributed by atoms with E-state index in [2.05, 4.69) is 19.2 Å². The highest BCUT2D eigenvalue weighted by molar-refractivity contribution is 6.30. The summed E-state index contributed by atoms with van der Waals surface area (Å²) in [5.41, 5.74) is 0. The molecule has 0 aliphatic heterocycles. The number of ether oxygens (including phenoxy) is 1. The van der Waals surface area contributed by atoms with Gasteiger partial charge in [0.1, 0.15) is 12.4 Å². The summed E-state index contributed by atoms with van der Waals surface area (Å²) in [7, 11) is 1.98. The smallest absolute Gasteiger partial charge is 0.120 e. The third-order valence-electron chi connectivity index (χ3n) is 2.75. The molecule has 1 rings (SSSR count). The zero-order valence-electron chi connectivity index (χ0n) is 10.9. The molecule has 1 aromatic carbocycles. The normalized spacial score (nSPS) is 12.8. The van der Waals surface area contributed by atoms with Gasteiger partial charge in [-0.3, -0.25) is 0 Å². The van der Waals surface area contributed by atoms with Crippen LogP contribution in [0.3, 0.4) is 0 Å². The van der Waals surface area contributed by atoms with Crippen LogP contribution in [0.15, 0.2) is 24.3 Å². The zero-order valence-corrected chi connectivity index (χ0v) is 11.6. The highest BCUT2D eigenvalue weighted by atomic mass is 35.5. The molecule has 96 valence electrons. The first kappa shape index (κ1) is 14.3. The molecule has 0 aromatic heterocycles. The second-order valence-corrected chi connectivity index (χ2v) is 5.16. The summed E-state index contributed by atoms with van der Waals surface area (Å²) in [6, 6.07) is 7.93. The van der Waals surface area contributed by atoms with Gasteiger partial charge in [-0.2, -0.15) is 0 Å². The maximum absolute atomic E-state index is 5.90. The van der Waals surface area contributed by atoms with Crippen LogP contribution in [-0.2, 0) is 0 Å². The van der Waals surface area contributed by atoms with Gasteiger partial charge >= 0.3 is 0 Å². The molecule has 2 nitrogen and oxygen atoms in total. The van der Waals surface area contributed by atoms with E-state index in [9.17, 15) is 0 Å². The van der Waals surface area contributed by atoms with Gasteiger partial charge in [-0.1, -0.05) is 31.5 Å². The highest BCUT2D eigenvalue weighted by Gasteiger charge is 2.08. The average molecular weight is 256 g/mol. The van der Waals surface area contributed by atoms with Gasteiger partial charge in [-0.25, -0.2) is 0 Å². The molecule has 3 heteroatoms. The van der Waals surface area contributed by atoms with E-state index in [4.69, 9.17) is 16.3 Å². The molecular formula is C14H22ClNO. The number of rotatable bonds is 7. The zero-order chi connectivity index (χ0) is 12.7. The van der Waals surface area contributed by atoms with E-state index in [0.717, 1.165) is 18.1 Å². The van der Waals surface area contributed by atoms with Crippen molar-refractivity contribution in [2.45, 2.75) is 32.7 Å². The molecule has 0 spiro atoms. The van der Waals surface area contributed by atoms with E-state index in [-0.39, 0.29) is 0 Å². The quantitative estimate of drug-likeness (QED) is 0.801.